The summed E-state index contributed by atoms with van der Waals surface area (Å²) in [5, 5.41) is 12.6. The zero-order valence-electron chi connectivity index (χ0n) is 18.7. The molecule has 0 fully saturated rings. The highest BCUT2D eigenvalue weighted by atomic mass is 32.2. The van der Waals surface area contributed by atoms with Crippen LogP contribution in [0.25, 0.3) is 11.4 Å². The molecule has 0 saturated heterocycles. The summed E-state index contributed by atoms with van der Waals surface area (Å²) < 4.78 is 1.96. The van der Waals surface area contributed by atoms with E-state index < -0.39 is 0 Å². The van der Waals surface area contributed by atoms with Crippen LogP contribution in [0.3, 0.4) is 0 Å². The van der Waals surface area contributed by atoms with Crippen molar-refractivity contribution in [2.75, 3.05) is 5.75 Å². The van der Waals surface area contributed by atoms with E-state index in [1.54, 1.807) is 0 Å². The molecule has 1 N–H and O–H groups in total. The third-order valence-corrected chi connectivity index (χ3v) is 6.90. The molecule has 0 aliphatic heterocycles. The maximum absolute atomic E-state index is 12.6. The summed E-state index contributed by atoms with van der Waals surface area (Å²) in [7, 11) is 1.95. The van der Waals surface area contributed by atoms with E-state index in [4.69, 9.17) is 0 Å². The van der Waals surface area contributed by atoms with Gasteiger partial charge in [-0.25, -0.2) is 0 Å². The van der Waals surface area contributed by atoms with Gasteiger partial charge in [0.2, 0.25) is 5.91 Å². The summed E-state index contributed by atoms with van der Waals surface area (Å²) in [6, 6.07) is 17.0. The average molecular weight is 435 g/mol. The quantitative estimate of drug-likeness (QED) is 0.570. The first-order chi connectivity index (χ1) is 14.8. The first kappa shape index (κ1) is 21.6. The Morgan fingerprint density at radius 1 is 1.13 bits per heavy atom. The van der Waals surface area contributed by atoms with E-state index in [9.17, 15) is 4.79 Å². The fourth-order valence-corrected chi connectivity index (χ4v) is 4.80. The van der Waals surface area contributed by atoms with Crippen molar-refractivity contribution in [2.24, 2.45) is 7.05 Å². The molecule has 6 heteroatoms. The Kier molecular flexibility index (Phi) is 6.19. The number of thioether (sulfide) groups is 1. The van der Waals surface area contributed by atoms with Crippen LogP contribution in [0.15, 0.2) is 53.7 Å². The first-order valence-corrected chi connectivity index (χ1v) is 11.8. The molecule has 5 nitrogen and oxygen atoms in total. The van der Waals surface area contributed by atoms with Crippen molar-refractivity contribution in [2.45, 2.75) is 56.6 Å². The highest BCUT2D eigenvalue weighted by Crippen LogP contribution is 2.30. The van der Waals surface area contributed by atoms with Gasteiger partial charge in [-0.1, -0.05) is 81.1 Å². The normalized spacial score (nSPS) is 16.1. The molecule has 1 amide bonds. The second-order valence-electron chi connectivity index (χ2n) is 9.19. The van der Waals surface area contributed by atoms with Crippen molar-refractivity contribution in [1.82, 2.24) is 20.1 Å². The van der Waals surface area contributed by atoms with Crippen molar-refractivity contribution >= 4 is 17.7 Å². The number of carbonyl (C=O) groups is 1. The summed E-state index contributed by atoms with van der Waals surface area (Å²) in [6.45, 7) is 6.61. The van der Waals surface area contributed by atoms with E-state index in [0.717, 1.165) is 35.8 Å². The highest BCUT2D eigenvalue weighted by molar-refractivity contribution is 7.99. The van der Waals surface area contributed by atoms with Gasteiger partial charge in [0.25, 0.3) is 0 Å². The number of benzene rings is 2. The Balaban J connectivity index is 1.39. The first-order valence-electron chi connectivity index (χ1n) is 10.8. The second kappa shape index (κ2) is 8.87. The molecule has 0 saturated carbocycles. The van der Waals surface area contributed by atoms with Crippen molar-refractivity contribution in [3.05, 3.63) is 65.2 Å². The molecule has 0 radical (unpaired) electrons. The van der Waals surface area contributed by atoms with Crippen LogP contribution < -0.4 is 5.32 Å². The third-order valence-electron chi connectivity index (χ3n) is 5.88. The minimum absolute atomic E-state index is 0.0331. The molecule has 1 atom stereocenters. The lowest BCUT2D eigenvalue weighted by Crippen LogP contribution is -2.32. The number of hydrogen-bond donors (Lipinski definition) is 1. The van der Waals surface area contributed by atoms with E-state index in [1.807, 2.05) is 17.7 Å². The minimum atomic E-state index is 0.0331. The summed E-state index contributed by atoms with van der Waals surface area (Å²) >= 11 is 1.43. The number of fused-ring (bicyclic) bond motifs is 1. The molecule has 0 bridgehead atoms. The Bertz CT molecular complexity index is 1070. The summed E-state index contributed by atoms with van der Waals surface area (Å²) in [5.41, 5.74) is 5.03. The molecule has 1 aliphatic carbocycles. The second-order valence-corrected chi connectivity index (χ2v) is 10.1. The van der Waals surface area contributed by atoms with E-state index in [2.05, 4.69) is 78.7 Å². The van der Waals surface area contributed by atoms with Gasteiger partial charge < -0.3 is 9.88 Å². The van der Waals surface area contributed by atoms with Gasteiger partial charge in [0, 0.05) is 12.6 Å². The van der Waals surface area contributed by atoms with Crippen molar-refractivity contribution in [3.63, 3.8) is 0 Å². The van der Waals surface area contributed by atoms with E-state index in [0.29, 0.717) is 5.75 Å². The number of hydrogen-bond acceptors (Lipinski definition) is 4. The zero-order valence-corrected chi connectivity index (χ0v) is 19.5. The third kappa shape index (κ3) is 4.85. The molecule has 3 aromatic rings. The highest BCUT2D eigenvalue weighted by Gasteiger charge is 2.22. The van der Waals surface area contributed by atoms with Crippen LogP contribution in [0, 0.1) is 0 Å². The average Bonchev–Trinajstić information content (AvgIpc) is 3.12. The Morgan fingerprint density at radius 3 is 2.61 bits per heavy atom. The van der Waals surface area contributed by atoms with Gasteiger partial charge in [-0.2, -0.15) is 0 Å². The van der Waals surface area contributed by atoms with E-state index >= 15 is 0 Å². The zero-order chi connectivity index (χ0) is 22.0. The van der Waals surface area contributed by atoms with Gasteiger partial charge in [-0.3, -0.25) is 4.79 Å². The van der Waals surface area contributed by atoms with E-state index in [-0.39, 0.29) is 17.4 Å². The molecular weight excluding hydrogens is 404 g/mol. The van der Waals surface area contributed by atoms with Gasteiger partial charge in [0.1, 0.15) is 0 Å². The molecule has 1 heterocycles. The smallest absolute Gasteiger partial charge is 0.230 e. The number of aromatic nitrogens is 3. The monoisotopic (exact) mass is 434 g/mol. The molecule has 2 aromatic carbocycles. The van der Waals surface area contributed by atoms with Crippen LogP contribution in [-0.2, 0) is 23.7 Å². The molecule has 31 heavy (non-hydrogen) atoms. The number of aryl methyl sites for hydroxylation is 1. The summed E-state index contributed by atoms with van der Waals surface area (Å²) in [6.07, 6.45) is 3.19. The van der Waals surface area contributed by atoms with Crippen LogP contribution in [0.5, 0.6) is 0 Å². The van der Waals surface area contributed by atoms with Gasteiger partial charge in [-0.05, 0) is 41.4 Å². The predicted octanol–water partition coefficient (Wildman–Crippen LogP) is 5.07. The van der Waals surface area contributed by atoms with Gasteiger partial charge in [0.05, 0.1) is 11.8 Å². The fourth-order valence-electron chi connectivity index (χ4n) is 4.08. The van der Waals surface area contributed by atoms with Crippen molar-refractivity contribution in [3.8, 4) is 11.4 Å². The SMILES string of the molecule is Cn1c(SCC(=O)N[C@H]2CCCc3ccccc32)nnc1-c1ccc(C(C)(C)C)cc1. The lowest BCUT2D eigenvalue weighted by molar-refractivity contribution is -0.119. The lowest BCUT2D eigenvalue weighted by atomic mass is 9.87. The minimum Gasteiger partial charge on any atom is -0.349 e. The number of carbonyl (C=O) groups excluding carboxylic acids is 1. The molecule has 162 valence electrons. The molecule has 4 rings (SSSR count). The topological polar surface area (TPSA) is 59.8 Å². The fraction of sp³-hybridized carbons (Fsp3) is 0.400. The van der Waals surface area contributed by atoms with Crippen LogP contribution in [0.4, 0.5) is 0 Å². The maximum Gasteiger partial charge on any atom is 0.230 e. The van der Waals surface area contributed by atoms with Gasteiger partial charge in [-0.15, -0.1) is 10.2 Å². The van der Waals surface area contributed by atoms with Crippen LogP contribution in [0.2, 0.25) is 0 Å². The van der Waals surface area contributed by atoms with Crippen molar-refractivity contribution < 1.29 is 4.79 Å². The maximum atomic E-state index is 12.6. The Morgan fingerprint density at radius 2 is 1.87 bits per heavy atom. The number of nitrogens with one attached hydrogen (secondary N) is 1. The molecule has 1 aromatic heterocycles. The van der Waals surface area contributed by atoms with Gasteiger partial charge >= 0.3 is 0 Å². The molecular formula is C25H30N4OS. The summed E-state index contributed by atoms with van der Waals surface area (Å²) in [5.74, 6) is 1.17. The standard InChI is InChI=1S/C25H30N4OS/c1-25(2,3)19-14-12-18(13-15-19)23-27-28-24(29(23)4)31-16-22(30)26-21-11-7-9-17-8-5-6-10-20(17)21/h5-6,8,10,12-15,21H,7,9,11,16H2,1-4H3,(H,26,30)/t21-/m0/s1. The summed E-state index contributed by atoms with van der Waals surface area (Å²) in [4.78, 5) is 12.6. The largest absolute Gasteiger partial charge is 0.349 e. The predicted molar refractivity (Wildman–Crippen MR) is 126 cm³/mol. The van der Waals surface area contributed by atoms with E-state index in [1.165, 1.54) is 28.5 Å². The van der Waals surface area contributed by atoms with Crippen LogP contribution in [0.1, 0.15) is 56.3 Å². The van der Waals surface area contributed by atoms with Crippen molar-refractivity contribution in [1.29, 1.82) is 0 Å². The Hall–Kier alpha value is -2.60. The molecule has 0 spiro atoms. The molecule has 0 unspecified atom stereocenters. The van der Waals surface area contributed by atoms with Crippen LogP contribution >= 0.6 is 11.8 Å². The molecule has 1 aliphatic rings. The van der Waals surface area contributed by atoms with Crippen LogP contribution in [-0.4, -0.2) is 26.4 Å². The Labute approximate surface area is 188 Å². The van der Waals surface area contributed by atoms with Gasteiger partial charge in [0.15, 0.2) is 11.0 Å². The number of nitrogens with zero attached hydrogens (tertiary/aromatic N) is 3. The lowest BCUT2D eigenvalue weighted by Gasteiger charge is -2.26. The number of amides is 1. The number of rotatable bonds is 5.